The van der Waals surface area contributed by atoms with Crippen molar-refractivity contribution in [3.8, 4) is 0 Å². The first-order valence-electron chi connectivity index (χ1n) is 5.07. The van der Waals surface area contributed by atoms with E-state index in [1.165, 1.54) is 6.07 Å². The molecule has 0 unspecified atom stereocenters. The van der Waals surface area contributed by atoms with Crippen LogP contribution in [0.4, 0.5) is 8.78 Å². The second kappa shape index (κ2) is 9.45. The molecule has 96 valence electrons. The summed E-state index contributed by atoms with van der Waals surface area (Å²) in [6.45, 7) is 4.75. The Balaban J connectivity index is 0.00000256. The van der Waals surface area contributed by atoms with Crippen LogP contribution in [0.5, 0.6) is 0 Å². The van der Waals surface area contributed by atoms with Crippen LogP contribution in [0.25, 0.3) is 0 Å². The first-order valence-corrected chi connectivity index (χ1v) is 6.23. The van der Waals surface area contributed by atoms with Gasteiger partial charge in [0, 0.05) is 30.2 Å². The zero-order chi connectivity index (χ0) is 11.8. The third-order valence-electron chi connectivity index (χ3n) is 1.98. The molecule has 0 atom stereocenters. The normalized spacial score (nSPS) is 9.76. The number of hydrogen-bond acceptors (Lipinski definition) is 2. The molecule has 0 saturated heterocycles. The standard InChI is InChI=1S/C12H15F2NS.ClH/c1-2-6-16-7-5-15-9-10-8-11(13)3-4-12(10)14;/h2-4,8,15H,1,5-7,9H2;1H. The van der Waals surface area contributed by atoms with Gasteiger partial charge in [-0.1, -0.05) is 6.08 Å². The summed E-state index contributed by atoms with van der Waals surface area (Å²) in [5, 5.41) is 3.07. The van der Waals surface area contributed by atoms with E-state index in [9.17, 15) is 8.78 Å². The summed E-state index contributed by atoms with van der Waals surface area (Å²) in [4.78, 5) is 0. The minimum atomic E-state index is -0.403. The van der Waals surface area contributed by atoms with Crippen LogP contribution < -0.4 is 5.32 Å². The predicted molar refractivity (Wildman–Crippen MR) is 72.8 cm³/mol. The van der Waals surface area contributed by atoms with E-state index < -0.39 is 5.82 Å². The van der Waals surface area contributed by atoms with E-state index in [1.54, 1.807) is 11.8 Å². The number of rotatable bonds is 7. The fraction of sp³-hybridized carbons (Fsp3) is 0.333. The number of benzene rings is 1. The molecule has 0 aliphatic heterocycles. The molecule has 1 nitrogen and oxygen atoms in total. The molecule has 1 aromatic rings. The third-order valence-corrected chi connectivity index (χ3v) is 2.95. The second-order valence-corrected chi connectivity index (χ2v) is 4.43. The van der Waals surface area contributed by atoms with E-state index in [2.05, 4.69) is 11.9 Å². The Hall–Kier alpha value is -0.580. The summed E-state index contributed by atoms with van der Waals surface area (Å²) in [7, 11) is 0. The largest absolute Gasteiger partial charge is 0.312 e. The molecule has 0 spiro atoms. The van der Waals surface area contributed by atoms with Crippen LogP contribution in [0.3, 0.4) is 0 Å². The molecule has 17 heavy (non-hydrogen) atoms. The van der Waals surface area contributed by atoms with Gasteiger partial charge in [0.25, 0.3) is 0 Å². The highest BCUT2D eigenvalue weighted by molar-refractivity contribution is 7.99. The van der Waals surface area contributed by atoms with Crippen molar-refractivity contribution in [3.63, 3.8) is 0 Å². The molecule has 0 aromatic heterocycles. The van der Waals surface area contributed by atoms with E-state index >= 15 is 0 Å². The van der Waals surface area contributed by atoms with Gasteiger partial charge in [-0.2, -0.15) is 11.8 Å². The predicted octanol–water partition coefficient (Wildman–Crippen LogP) is 3.40. The number of thioether (sulfide) groups is 1. The van der Waals surface area contributed by atoms with Gasteiger partial charge >= 0.3 is 0 Å². The molecule has 0 aliphatic rings. The average Bonchev–Trinajstić information content (AvgIpc) is 2.28. The van der Waals surface area contributed by atoms with Gasteiger partial charge in [-0.3, -0.25) is 0 Å². The van der Waals surface area contributed by atoms with Crippen LogP contribution in [0, 0.1) is 11.6 Å². The molecule has 1 aromatic carbocycles. The van der Waals surface area contributed by atoms with Crippen molar-refractivity contribution in [1.82, 2.24) is 5.32 Å². The molecule has 0 aliphatic carbocycles. The van der Waals surface area contributed by atoms with Gasteiger partial charge in [-0.15, -0.1) is 19.0 Å². The SMILES string of the molecule is C=CCSCCNCc1cc(F)ccc1F.Cl. The molecular weight excluding hydrogens is 264 g/mol. The minimum Gasteiger partial charge on any atom is -0.312 e. The van der Waals surface area contributed by atoms with Gasteiger partial charge in [0.1, 0.15) is 11.6 Å². The number of hydrogen-bond donors (Lipinski definition) is 1. The maximum Gasteiger partial charge on any atom is 0.127 e. The Morgan fingerprint density at radius 3 is 2.82 bits per heavy atom. The Bertz CT molecular complexity index is 347. The highest BCUT2D eigenvalue weighted by Crippen LogP contribution is 2.09. The molecule has 0 bridgehead atoms. The lowest BCUT2D eigenvalue weighted by Crippen LogP contribution is -2.17. The van der Waals surface area contributed by atoms with Crippen molar-refractivity contribution in [2.24, 2.45) is 0 Å². The van der Waals surface area contributed by atoms with Gasteiger partial charge in [0.15, 0.2) is 0 Å². The summed E-state index contributed by atoms with van der Waals surface area (Å²) in [5.74, 6) is 1.07. The molecular formula is C12H16ClF2NS. The summed E-state index contributed by atoms with van der Waals surface area (Å²) >= 11 is 1.75. The Morgan fingerprint density at radius 2 is 2.12 bits per heavy atom. The zero-order valence-corrected chi connectivity index (χ0v) is 11.1. The quantitative estimate of drug-likeness (QED) is 0.606. The molecule has 0 fully saturated rings. The number of halogens is 3. The molecule has 5 heteroatoms. The van der Waals surface area contributed by atoms with Gasteiger partial charge in [0.2, 0.25) is 0 Å². The van der Waals surface area contributed by atoms with Crippen LogP contribution in [-0.2, 0) is 6.54 Å². The molecule has 0 amide bonds. The van der Waals surface area contributed by atoms with E-state index in [0.717, 1.165) is 30.2 Å². The maximum absolute atomic E-state index is 13.2. The topological polar surface area (TPSA) is 12.0 Å². The van der Waals surface area contributed by atoms with Gasteiger partial charge in [0.05, 0.1) is 0 Å². The summed E-state index contributed by atoms with van der Waals surface area (Å²) in [5.41, 5.74) is 0.369. The van der Waals surface area contributed by atoms with E-state index in [0.29, 0.717) is 12.1 Å². The lowest BCUT2D eigenvalue weighted by Gasteiger charge is -2.05. The highest BCUT2D eigenvalue weighted by atomic mass is 35.5. The lowest BCUT2D eigenvalue weighted by molar-refractivity contribution is 0.573. The number of nitrogens with one attached hydrogen (secondary N) is 1. The van der Waals surface area contributed by atoms with Crippen molar-refractivity contribution < 1.29 is 8.78 Å². The second-order valence-electron chi connectivity index (χ2n) is 3.28. The average molecular weight is 280 g/mol. The molecule has 1 rings (SSSR count). The first kappa shape index (κ1) is 16.4. The van der Waals surface area contributed by atoms with Gasteiger partial charge in [-0.05, 0) is 18.2 Å². The molecule has 1 N–H and O–H groups in total. The van der Waals surface area contributed by atoms with Crippen LogP contribution in [0.2, 0.25) is 0 Å². The Kier molecular flexibility index (Phi) is 9.13. The van der Waals surface area contributed by atoms with Crippen molar-refractivity contribution in [1.29, 1.82) is 0 Å². The van der Waals surface area contributed by atoms with Crippen LogP contribution in [-0.4, -0.2) is 18.1 Å². The first-order chi connectivity index (χ1) is 7.74. The summed E-state index contributed by atoms with van der Waals surface area (Å²) in [6.07, 6.45) is 1.84. The monoisotopic (exact) mass is 279 g/mol. The Labute approximate surface area is 111 Å². The third kappa shape index (κ3) is 6.66. The van der Waals surface area contributed by atoms with Crippen molar-refractivity contribution in [3.05, 3.63) is 48.1 Å². The van der Waals surface area contributed by atoms with E-state index in [-0.39, 0.29) is 18.2 Å². The van der Waals surface area contributed by atoms with Crippen LogP contribution in [0.1, 0.15) is 5.56 Å². The highest BCUT2D eigenvalue weighted by Gasteiger charge is 2.02. The minimum absolute atomic E-state index is 0. The smallest absolute Gasteiger partial charge is 0.127 e. The van der Waals surface area contributed by atoms with Crippen LogP contribution in [0.15, 0.2) is 30.9 Å². The van der Waals surface area contributed by atoms with Crippen molar-refractivity contribution >= 4 is 24.2 Å². The zero-order valence-electron chi connectivity index (χ0n) is 9.42. The van der Waals surface area contributed by atoms with Gasteiger partial charge in [-0.25, -0.2) is 8.78 Å². The maximum atomic E-state index is 13.2. The fourth-order valence-electron chi connectivity index (χ4n) is 1.21. The Morgan fingerprint density at radius 1 is 1.35 bits per heavy atom. The summed E-state index contributed by atoms with van der Waals surface area (Å²) < 4.78 is 26.0. The molecule has 0 radical (unpaired) electrons. The van der Waals surface area contributed by atoms with Crippen LogP contribution >= 0.6 is 24.2 Å². The molecule has 0 saturated carbocycles. The van der Waals surface area contributed by atoms with Gasteiger partial charge < -0.3 is 5.32 Å². The van der Waals surface area contributed by atoms with Crippen molar-refractivity contribution in [2.45, 2.75) is 6.54 Å². The fourth-order valence-corrected chi connectivity index (χ4v) is 1.83. The van der Waals surface area contributed by atoms with E-state index in [4.69, 9.17) is 0 Å². The summed E-state index contributed by atoms with van der Waals surface area (Å²) in [6, 6.07) is 3.50. The van der Waals surface area contributed by atoms with Crippen molar-refractivity contribution in [2.75, 3.05) is 18.1 Å². The van der Waals surface area contributed by atoms with E-state index in [1.807, 2.05) is 6.08 Å². The molecule has 0 heterocycles. The lowest BCUT2D eigenvalue weighted by atomic mass is 10.2.